The van der Waals surface area contributed by atoms with Gasteiger partial charge in [-0.3, -0.25) is 29.9 Å². The Bertz CT molecular complexity index is 1140. The van der Waals surface area contributed by atoms with Gasteiger partial charge in [0.15, 0.2) is 5.11 Å². The zero-order valence-electron chi connectivity index (χ0n) is 18.0. The van der Waals surface area contributed by atoms with E-state index >= 15 is 0 Å². The molecule has 2 aromatic rings. The molecular weight excluding hydrogens is 442 g/mol. The van der Waals surface area contributed by atoms with Crippen LogP contribution in [0, 0.1) is 10.1 Å². The number of benzene rings is 2. The van der Waals surface area contributed by atoms with Crippen LogP contribution in [0.4, 0.5) is 11.4 Å². The molecule has 4 rings (SSSR count). The van der Waals surface area contributed by atoms with Gasteiger partial charge in [0.05, 0.1) is 11.0 Å². The van der Waals surface area contributed by atoms with Crippen LogP contribution >= 0.6 is 12.2 Å². The van der Waals surface area contributed by atoms with Gasteiger partial charge in [-0.05, 0) is 36.8 Å². The number of anilines is 1. The number of nitrogens with zero attached hydrogens (tertiary/aromatic N) is 3. The van der Waals surface area contributed by atoms with Crippen LogP contribution < -0.4 is 15.5 Å². The topological polar surface area (TPSA) is 108 Å². The molecule has 2 saturated heterocycles. The van der Waals surface area contributed by atoms with Gasteiger partial charge < -0.3 is 10.2 Å². The van der Waals surface area contributed by atoms with Crippen molar-refractivity contribution in [3.05, 3.63) is 75.3 Å². The van der Waals surface area contributed by atoms with Crippen LogP contribution in [0.1, 0.15) is 24.1 Å². The summed E-state index contributed by atoms with van der Waals surface area (Å²) in [7, 11) is 0. The largest absolute Gasteiger partial charge is 0.368 e. The summed E-state index contributed by atoms with van der Waals surface area (Å²) in [5, 5.41) is 17.3. The van der Waals surface area contributed by atoms with Crippen molar-refractivity contribution in [2.45, 2.75) is 13.0 Å². The summed E-state index contributed by atoms with van der Waals surface area (Å²) in [6, 6.07) is 13.4. The van der Waals surface area contributed by atoms with E-state index in [0.717, 1.165) is 24.3 Å². The molecule has 10 heteroatoms. The van der Waals surface area contributed by atoms with Crippen LogP contribution in [-0.4, -0.2) is 52.9 Å². The maximum atomic E-state index is 13.4. The summed E-state index contributed by atoms with van der Waals surface area (Å²) >= 11 is 5.30. The average Bonchev–Trinajstić information content (AvgIpc) is 2.82. The highest BCUT2D eigenvalue weighted by atomic mass is 32.1. The van der Waals surface area contributed by atoms with E-state index in [-0.39, 0.29) is 16.4 Å². The first kappa shape index (κ1) is 22.6. The van der Waals surface area contributed by atoms with Crippen LogP contribution in [0.15, 0.2) is 54.1 Å². The molecule has 0 bridgehead atoms. The molecular formula is C23H23N5O4S. The normalized spacial score (nSPS) is 18.9. The number of rotatable bonds is 5. The highest BCUT2D eigenvalue weighted by molar-refractivity contribution is 7.80. The fraction of sp³-hybridized carbons (Fsp3) is 0.261. The summed E-state index contributed by atoms with van der Waals surface area (Å²) in [5.74, 6) is -1.17. The number of hydrogen-bond acceptors (Lipinski definition) is 7. The lowest BCUT2D eigenvalue weighted by atomic mass is 10.0. The smallest absolute Gasteiger partial charge is 0.270 e. The lowest BCUT2D eigenvalue weighted by molar-refractivity contribution is -0.384. The van der Waals surface area contributed by atoms with Crippen molar-refractivity contribution in [1.29, 1.82) is 0 Å². The zero-order valence-corrected chi connectivity index (χ0v) is 18.8. The number of non-ortho nitro benzene ring substituents is 1. The molecule has 2 heterocycles. The second-order valence-electron chi connectivity index (χ2n) is 7.82. The van der Waals surface area contributed by atoms with Gasteiger partial charge in [-0.25, -0.2) is 0 Å². The summed E-state index contributed by atoms with van der Waals surface area (Å²) in [6.45, 7) is 4.77. The molecule has 33 heavy (non-hydrogen) atoms. The Hall–Kier alpha value is -3.63. The number of amides is 2. The molecule has 1 unspecified atom stereocenters. The van der Waals surface area contributed by atoms with Gasteiger partial charge in [0, 0.05) is 49.6 Å². The Morgan fingerprint density at radius 2 is 1.82 bits per heavy atom. The lowest BCUT2D eigenvalue weighted by Crippen LogP contribution is -2.54. The van der Waals surface area contributed by atoms with E-state index < -0.39 is 22.8 Å². The molecule has 2 aliphatic heterocycles. The lowest BCUT2D eigenvalue weighted by Gasteiger charge is -2.34. The first-order chi connectivity index (χ1) is 15.9. The summed E-state index contributed by atoms with van der Waals surface area (Å²) < 4.78 is 0. The molecule has 0 saturated carbocycles. The third kappa shape index (κ3) is 4.62. The summed E-state index contributed by atoms with van der Waals surface area (Å²) in [5.41, 5.74) is 1.79. The first-order valence-corrected chi connectivity index (χ1v) is 11.0. The number of nitrogens with one attached hydrogen (secondary N) is 2. The fourth-order valence-corrected chi connectivity index (χ4v) is 4.36. The van der Waals surface area contributed by atoms with Crippen LogP contribution in [0.25, 0.3) is 6.08 Å². The minimum Gasteiger partial charge on any atom is -0.368 e. The second-order valence-corrected chi connectivity index (χ2v) is 8.20. The highest BCUT2D eigenvalue weighted by Crippen LogP contribution is 2.30. The van der Waals surface area contributed by atoms with Crippen molar-refractivity contribution >= 4 is 46.6 Å². The second kappa shape index (κ2) is 9.47. The molecule has 2 aromatic carbocycles. The number of nitro groups is 1. The highest BCUT2D eigenvalue weighted by Gasteiger charge is 2.37. The molecule has 0 spiro atoms. The van der Waals surface area contributed by atoms with E-state index in [1.165, 1.54) is 23.1 Å². The molecule has 2 fully saturated rings. The van der Waals surface area contributed by atoms with Gasteiger partial charge in [-0.15, -0.1) is 0 Å². The predicted molar refractivity (Wildman–Crippen MR) is 129 cm³/mol. The van der Waals surface area contributed by atoms with E-state index in [9.17, 15) is 19.7 Å². The van der Waals surface area contributed by atoms with Crippen molar-refractivity contribution in [1.82, 2.24) is 15.5 Å². The summed E-state index contributed by atoms with van der Waals surface area (Å²) in [4.78, 5) is 40.5. The van der Waals surface area contributed by atoms with Crippen LogP contribution in [0.3, 0.4) is 0 Å². The quantitative estimate of drug-likeness (QED) is 0.230. The molecule has 170 valence electrons. The van der Waals surface area contributed by atoms with Crippen molar-refractivity contribution in [2.24, 2.45) is 0 Å². The third-order valence-corrected chi connectivity index (χ3v) is 6.08. The molecule has 0 radical (unpaired) electrons. The van der Waals surface area contributed by atoms with Gasteiger partial charge in [0.25, 0.3) is 17.5 Å². The standard InChI is InChI=1S/C23H23N5O4S/c1-15(16-5-3-2-4-6-16)27-22(30)19(21(29)25-23(27)33)14-17-13-18(28(31)32)7-8-20(17)26-11-9-24-10-12-26/h2-8,13-15,24H,9-12H2,1H3,(H,25,29,33)/b19-14-. The maximum absolute atomic E-state index is 13.4. The van der Waals surface area contributed by atoms with Gasteiger partial charge in [0.1, 0.15) is 5.57 Å². The van der Waals surface area contributed by atoms with Gasteiger partial charge in [-0.2, -0.15) is 0 Å². The molecule has 2 N–H and O–H groups in total. The van der Waals surface area contributed by atoms with Crippen molar-refractivity contribution in [3.8, 4) is 0 Å². The van der Waals surface area contributed by atoms with E-state index in [0.29, 0.717) is 18.7 Å². The van der Waals surface area contributed by atoms with E-state index in [2.05, 4.69) is 15.5 Å². The van der Waals surface area contributed by atoms with E-state index in [1.54, 1.807) is 6.07 Å². The monoisotopic (exact) mass is 465 g/mol. The SMILES string of the molecule is CC(c1ccccc1)N1C(=O)/C(=C\c2cc([N+](=O)[O-])ccc2N2CCNCC2)C(=O)NC1=S. The zero-order chi connectivity index (χ0) is 23.5. The molecule has 0 aromatic heterocycles. The third-order valence-electron chi connectivity index (χ3n) is 5.78. The predicted octanol–water partition coefficient (Wildman–Crippen LogP) is 2.39. The van der Waals surface area contributed by atoms with E-state index in [1.807, 2.05) is 37.3 Å². The van der Waals surface area contributed by atoms with Gasteiger partial charge in [0.2, 0.25) is 0 Å². The van der Waals surface area contributed by atoms with Crippen molar-refractivity contribution < 1.29 is 14.5 Å². The van der Waals surface area contributed by atoms with Crippen molar-refractivity contribution in [2.75, 3.05) is 31.1 Å². The molecule has 0 aliphatic carbocycles. The Morgan fingerprint density at radius 3 is 2.48 bits per heavy atom. The van der Waals surface area contributed by atoms with Crippen LogP contribution in [-0.2, 0) is 9.59 Å². The minimum absolute atomic E-state index is 0.0277. The Balaban J connectivity index is 1.75. The van der Waals surface area contributed by atoms with Crippen LogP contribution in [0.2, 0.25) is 0 Å². The Kier molecular flexibility index (Phi) is 6.47. The first-order valence-electron chi connectivity index (χ1n) is 10.6. The number of hydrogen-bond donors (Lipinski definition) is 2. The number of thiocarbonyl (C=S) groups is 1. The van der Waals surface area contributed by atoms with E-state index in [4.69, 9.17) is 12.2 Å². The number of nitro benzene ring substituents is 1. The molecule has 2 amide bonds. The fourth-order valence-electron chi connectivity index (χ4n) is 4.02. The molecule has 2 aliphatic rings. The minimum atomic E-state index is -0.626. The maximum Gasteiger partial charge on any atom is 0.270 e. The average molecular weight is 466 g/mol. The molecule has 9 nitrogen and oxygen atoms in total. The summed E-state index contributed by atoms with van der Waals surface area (Å²) in [6.07, 6.45) is 1.43. The number of piperazine rings is 1. The Morgan fingerprint density at radius 1 is 1.12 bits per heavy atom. The van der Waals surface area contributed by atoms with Crippen molar-refractivity contribution in [3.63, 3.8) is 0 Å². The Labute approximate surface area is 196 Å². The van der Waals surface area contributed by atoms with Gasteiger partial charge in [-0.1, -0.05) is 30.3 Å². The number of carbonyl (C=O) groups is 2. The number of carbonyl (C=O) groups excluding carboxylic acids is 2. The van der Waals surface area contributed by atoms with Crippen LogP contribution in [0.5, 0.6) is 0 Å². The molecule has 1 atom stereocenters. The van der Waals surface area contributed by atoms with Gasteiger partial charge >= 0.3 is 0 Å².